The van der Waals surface area contributed by atoms with Gasteiger partial charge in [0.05, 0.1) is 16.3 Å². The molecule has 0 spiro atoms. The molecule has 2 unspecified atom stereocenters. The van der Waals surface area contributed by atoms with Crippen molar-refractivity contribution in [1.29, 1.82) is 0 Å². The van der Waals surface area contributed by atoms with Crippen molar-refractivity contribution in [2.75, 3.05) is 6.61 Å². The summed E-state index contributed by atoms with van der Waals surface area (Å²) in [4.78, 5) is 0. The third kappa shape index (κ3) is 2.37. The van der Waals surface area contributed by atoms with E-state index >= 15 is 0 Å². The van der Waals surface area contributed by atoms with Gasteiger partial charge in [0.25, 0.3) is 0 Å². The lowest BCUT2D eigenvalue weighted by Crippen LogP contribution is -2.23. The topological polar surface area (TPSA) is 9.23 Å². The van der Waals surface area contributed by atoms with Crippen molar-refractivity contribution in [3.63, 3.8) is 0 Å². The Kier molecular flexibility index (Phi) is 3.79. The number of hydrogen-bond donors (Lipinski definition) is 0. The fraction of sp³-hybridized carbons (Fsp3) is 0.500. The van der Waals surface area contributed by atoms with Crippen LogP contribution >= 0.6 is 22.6 Å². The summed E-state index contributed by atoms with van der Waals surface area (Å²) in [6.45, 7) is 2.49. The highest BCUT2D eigenvalue weighted by Crippen LogP contribution is 2.31. The second-order valence-electron chi connectivity index (χ2n) is 4.18. The van der Waals surface area contributed by atoms with Crippen LogP contribution in [-0.4, -0.2) is 12.7 Å². The molecule has 0 amide bonds. The van der Waals surface area contributed by atoms with Gasteiger partial charge in [-0.25, -0.2) is 8.78 Å². The SMILES string of the molecule is CC1CCC(c2ccc(I)c(F)c2F)CO1. The maximum Gasteiger partial charge on any atom is 0.172 e. The van der Waals surface area contributed by atoms with E-state index in [-0.39, 0.29) is 12.0 Å². The Morgan fingerprint density at radius 3 is 2.62 bits per heavy atom. The average Bonchev–Trinajstić information content (AvgIpc) is 2.28. The summed E-state index contributed by atoms with van der Waals surface area (Å²) < 4.78 is 32.9. The fourth-order valence-electron chi connectivity index (χ4n) is 1.98. The zero-order chi connectivity index (χ0) is 11.7. The second kappa shape index (κ2) is 4.96. The number of ether oxygens (including phenoxy) is 1. The predicted octanol–water partition coefficient (Wildman–Crippen LogP) is 3.85. The van der Waals surface area contributed by atoms with Crippen LogP contribution in [0, 0.1) is 15.2 Å². The molecular formula is C12H13F2IO. The first kappa shape index (κ1) is 12.2. The summed E-state index contributed by atoms with van der Waals surface area (Å²) in [6, 6.07) is 3.29. The van der Waals surface area contributed by atoms with Crippen molar-refractivity contribution in [3.8, 4) is 0 Å². The van der Waals surface area contributed by atoms with Crippen LogP contribution in [-0.2, 0) is 4.74 Å². The van der Waals surface area contributed by atoms with Crippen LogP contribution in [0.3, 0.4) is 0 Å². The summed E-state index contributed by atoms with van der Waals surface area (Å²) in [7, 11) is 0. The molecule has 2 atom stereocenters. The van der Waals surface area contributed by atoms with Crippen molar-refractivity contribution in [2.45, 2.75) is 31.8 Å². The molecule has 0 aliphatic carbocycles. The van der Waals surface area contributed by atoms with Gasteiger partial charge in [-0.05, 0) is 54.0 Å². The van der Waals surface area contributed by atoms with E-state index in [0.29, 0.717) is 15.7 Å². The van der Waals surface area contributed by atoms with E-state index in [9.17, 15) is 8.78 Å². The first-order chi connectivity index (χ1) is 7.59. The van der Waals surface area contributed by atoms with E-state index in [1.807, 2.05) is 6.92 Å². The normalized spacial score (nSPS) is 25.8. The second-order valence-corrected chi connectivity index (χ2v) is 5.34. The van der Waals surface area contributed by atoms with Crippen LogP contribution in [0.4, 0.5) is 8.78 Å². The minimum absolute atomic E-state index is 0.0114. The van der Waals surface area contributed by atoms with E-state index in [1.54, 1.807) is 34.7 Å². The molecule has 1 fully saturated rings. The molecule has 0 bridgehead atoms. The summed E-state index contributed by atoms with van der Waals surface area (Å²) in [5, 5.41) is 0. The third-order valence-electron chi connectivity index (χ3n) is 3.01. The Labute approximate surface area is 107 Å². The van der Waals surface area contributed by atoms with Crippen molar-refractivity contribution < 1.29 is 13.5 Å². The lowest BCUT2D eigenvalue weighted by molar-refractivity contribution is 0.0147. The highest BCUT2D eigenvalue weighted by Gasteiger charge is 2.24. The number of hydrogen-bond acceptors (Lipinski definition) is 1. The predicted molar refractivity (Wildman–Crippen MR) is 66.5 cm³/mol. The third-order valence-corrected chi connectivity index (χ3v) is 3.84. The van der Waals surface area contributed by atoms with Gasteiger partial charge in [-0.3, -0.25) is 0 Å². The van der Waals surface area contributed by atoms with Gasteiger partial charge in [-0.15, -0.1) is 0 Å². The lowest BCUT2D eigenvalue weighted by Gasteiger charge is -2.27. The van der Waals surface area contributed by atoms with Gasteiger partial charge < -0.3 is 4.74 Å². The average molecular weight is 338 g/mol. The van der Waals surface area contributed by atoms with Gasteiger partial charge >= 0.3 is 0 Å². The van der Waals surface area contributed by atoms with Gasteiger partial charge in [-0.2, -0.15) is 0 Å². The van der Waals surface area contributed by atoms with E-state index in [0.717, 1.165) is 12.8 Å². The highest BCUT2D eigenvalue weighted by atomic mass is 127. The van der Waals surface area contributed by atoms with E-state index in [2.05, 4.69) is 0 Å². The number of halogens is 3. The summed E-state index contributed by atoms with van der Waals surface area (Å²) >= 11 is 1.79. The molecule has 1 aromatic rings. The molecule has 16 heavy (non-hydrogen) atoms. The van der Waals surface area contributed by atoms with Gasteiger partial charge in [0.15, 0.2) is 11.6 Å². The first-order valence-corrected chi connectivity index (χ1v) is 6.42. The maximum absolute atomic E-state index is 13.7. The van der Waals surface area contributed by atoms with Crippen LogP contribution in [0.5, 0.6) is 0 Å². The van der Waals surface area contributed by atoms with E-state index in [1.165, 1.54) is 0 Å². The van der Waals surface area contributed by atoms with E-state index < -0.39 is 11.6 Å². The Bertz CT molecular complexity index is 387. The van der Waals surface area contributed by atoms with Gasteiger partial charge in [0.1, 0.15) is 0 Å². The molecule has 88 valence electrons. The zero-order valence-electron chi connectivity index (χ0n) is 8.97. The van der Waals surface area contributed by atoms with Crippen molar-refractivity contribution in [2.24, 2.45) is 0 Å². The van der Waals surface area contributed by atoms with Crippen molar-refractivity contribution in [1.82, 2.24) is 0 Å². The molecule has 4 heteroatoms. The standard InChI is InChI=1S/C12H13F2IO/c1-7-2-3-8(6-16-7)9-4-5-10(15)12(14)11(9)13/h4-5,7-8H,2-3,6H2,1H3. The lowest BCUT2D eigenvalue weighted by atomic mass is 9.91. The first-order valence-electron chi connectivity index (χ1n) is 5.34. The van der Waals surface area contributed by atoms with Gasteiger partial charge in [0.2, 0.25) is 0 Å². The minimum Gasteiger partial charge on any atom is -0.378 e. The van der Waals surface area contributed by atoms with Crippen LogP contribution in [0.15, 0.2) is 12.1 Å². The van der Waals surface area contributed by atoms with E-state index in [4.69, 9.17) is 4.74 Å². The fourth-order valence-corrected chi connectivity index (χ4v) is 2.40. The highest BCUT2D eigenvalue weighted by molar-refractivity contribution is 14.1. The molecular weight excluding hydrogens is 325 g/mol. The zero-order valence-corrected chi connectivity index (χ0v) is 11.1. The largest absolute Gasteiger partial charge is 0.378 e. The molecule has 1 saturated heterocycles. The van der Waals surface area contributed by atoms with Crippen molar-refractivity contribution in [3.05, 3.63) is 32.9 Å². The molecule has 1 nitrogen and oxygen atoms in total. The Morgan fingerprint density at radius 2 is 2.00 bits per heavy atom. The number of benzene rings is 1. The van der Waals surface area contributed by atoms with Crippen LogP contribution < -0.4 is 0 Å². The van der Waals surface area contributed by atoms with Crippen LogP contribution in [0.25, 0.3) is 0 Å². The van der Waals surface area contributed by atoms with Crippen molar-refractivity contribution >= 4 is 22.6 Å². The quantitative estimate of drug-likeness (QED) is 0.558. The smallest absolute Gasteiger partial charge is 0.172 e. The Hall–Kier alpha value is -0.230. The summed E-state index contributed by atoms with van der Waals surface area (Å²) in [5.74, 6) is -1.46. The molecule has 1 aromatic carbocycles. The molecule has 0 aromatic heterocycles. The van der Waals surface area contributed by atoms with Crippen LogP contribution in [0.1, 0.15) is 31.2 Å². The Balaban J connectivity index is 2.24. The Morgan fingerprint density at radius 1 is 1.25 bits per heavy atom. The molecule has 0 radical (unpaired) electrons. The maximum atomic E-state index is 13.7. The number of rotatable bonds is 1. The molecule has 2 rings (SSSR count). The van der Waals surface area contributed by atoms with Gasteiger partial charge in [0, 0.05) is 5.92 Å². The van der Waals surface area contributed by atoms with Crippen LogP contribution in [0.2, 0.25) is 0 Å². The van der Waals surface area contributed by atoms with Gasteiger partial charge in [-0.1, -0.05) is 6.07 Å². The molecule has 0 saturated carbocycles. The molecule has 1 aliphatic heterocycles. The molecule has 1 heterocycles. The molecule has 0 N–H and O–H groups in total. The monoisotopic (exact) mass is 338 g/mol. The molecule has 1 aliphatic rings. The summed E-state index contributed by atoms with van der Waals surface area (Å²) in [6.07, 6.45) is 1.99. The summed E-state index contributed by atoms with van der Waals surface area (Å²) in [5.41, 5.74) is 0.449. The minimum atomic E-state index is -0.739.